The molecule has 0 aliphatic carbocycles. The van der Waals surface area contributed by atoms with Crippen LogP contribution in [0, 0.1) is 5.92 Å². The molecule has 2 N–H and O–H groups in total. The summed E-state index contributed by atoms with van der Waals surface area (Å²) < 4.78 is 23.4. The molecule has 0 saturated heterocycles. The van der Waals surface area contributed by atoms with E-state index in [0.717, 1.165) is 6.54 Å². The maximum Gasteiger partial charge on any atom is 0.257 e. The number of hydrogen-bond donors (Lipinski definition) is 1. The summed E-state index contributed by atoms with van der Waals surface area (Å²) in [4.78, 5) is 3.69. The van der Waals surface area contributed by atoms with Crippen LogP contribution >= 0.6 is 0 Å². The molecule has 1 aromatic rings. The molecule has 1 aromatic heterocycles. The molecule has 0 atom stereocenters. The fourth-order valence-electron chi connectivity index (χ4n) is 1.01. The van der Waals surface area contributed by atoms with Crippen LogP contribution in [0.15, 0.2) is 17.6 Å². The average Bonchev–Trinajstić information content (AvgIpc) is 2.32. The smallest absolute Gasteiger partial charge is 0.257 e. The first-order valence-corrected chi connectivity index (χ1v) is 5.49. The van der Waals surface area contributed by atoms with E-state index in [2.05, 4.69) is 4.98 Å². The van der Waals surface area contributed by atoms with E-state index in [1.54, 1.807) is 4.57 Å². The van der Waals surface area contributed by atoms with Gasteiger partial charge in [-0.1, -0.05) is 13.8 Å². The Balaban J connectivity index is 2.88. The minimum absolute atomic E-state index is 0.0758. The molecule has 0 bridgehead atoms. The topological polar surface area (TPSA) is 78.0 Å². The van der Waals surface area contributed by atoms with E-state index < -0.39 is 10.0 Å². The molecule has 0 aromatic carbocycles. The molecule has 5 nitrogen and oxygen atoms in total. The van der Waals surface area contributed by atoms with Crippen molar-refractivity contribution in [3.63, 3.8) is 0 Å². The van der Waals surface area contributed by atoms with Crippen molar-refractivity contribution in [1.29, 1.82) is 0 Å². The normalized spacial score (nSPS) is 12.3. The van der Waals surface area contributed by atoms with Crippen molar-refractivity contribution >= 4 is 10.0 Å². The minimum Gasteiger partial charge on any atom is -0.336 e. The van der Waals surface area contributed by atoms with Gasteiger partial charge in [0.1, 0.15) is 0 Å². The third-order valence-corrected chi connectivity index (χ3v) is 2.27. The lowest BCUT2D eigenvalue weighted by molar-refractivity contribution is 0.522. The highest BCUT2D eigenvalue weighted by atomic mass is 32.2. The number of primary sulfonamides is 1. The second-order valence-electron chi connectivity index (χ2n) is 3.35. The van der Waals surface area contributed by atoms with E-state index in [0.29, 0.717) is 5.92 Å². The van der Waals surface area contributed by atoms with E-state index in [4.69, 9.17) is 5.14 Å². The van der Waals surface area contributed by atoms with Crippen LogP contribution in [-0.4, -0.2) is 18.0 Å². The van der Waals surface area contributed by atoms with Gasteiger partial charge >= 0.3 is 0 Å². The maximum atomic E-state index is 10.8. The molecule has 0 aliphatic rings. The van der Waals surface area contributed by atoms with Gasteiger partial charge in [0.2, 0.25) is 0 Å². The van der Waals surface area contributed by atoms with Crippen molar-refractivity contribution in [2.75, 3.05) is 0 Å². The van der Waals surface area contributed by atoms with Crippen molar-refractivity contribution in [1.82, 2.24) is 9.55 Å². The number of aromatic nitrogens is 2. The van der Waals surface area contributed by atoms with Gasteiger partial charge in [-0.3, -0.25) is 0 Å². The van der Waals surface area contributed by atoms with Crippen molar-refractivity contribution < 1.29 is 8.42 Å². The van der Waals surface area contributed by atoms with Gasteiger partial charge in [-0.05, 0) is 5.92 Å². The summed E-state index contributed by atoms with van der Waals surface area (Å²) in [6.07, 6.45) is 2.91. The van der Waals surface area contributed by atoms with Gasteiger partial charge in [-0.15, -0.1) is 0 Å². The first kappa shape index (κ1) is 10.2. The molecular weight excluding hydrogens is 190 g/mol. The van der Waals surface area contributed by atoms with Crippen LogP contribution in [-0.2, 0) is 16.6 Å². The van der Waals surface area contributed by atoms with Crippen LogP contribution in [0.1, 0.15) is 13.8 Å². The maximum absolute atomic E-state index is 10.8. The van der Waals surface area contributed by atoms with Gasteiger partial charge in [0, 0.05) is 12.7 Å². The van der Waals surface area contributed by atoms with Crippen LogP contribution in [0.4, 0.5) is 0 Å². The zero-order chi connectivity index (χ0) is 10.1. The Bertz CT molecular complexity index is 380. The fraction of sp³-hybridized carbons (Fsp3) is 0.571. The Hall–Kier alpha value is -0.880. The molecular formula is C7H13N3O2S. The van der Waals surface area contributed by atoms with E-state index in [9.17, 15) is 8.42 Å². The molecule has 0 saturated carbocycles. The SMILES string of the molecule is CC(C)Cn1cnc(S(N)(=O)=O)c1. The first-order valence-electron chi connectivity index (χ1n) is 3.94. The Morgan fingerprint density at radius 2 is 2.23 bits per heavy atom. The predicted molar refractivity (Wildman–Crippen MR) is 48.4 cm³/mol. The molecule has 74 valence electrons. The standard InChI is InChI=1S/C7H13N3O2S/c1-6(2)3-10-4-7(9-5-10)13(8,11)12/h4-6H,3H2,1-2H3,(H2,8,11,12). The third kappa shape index (κ3) is 2.82. The van der Waals surface area contributed by atoms with E-state index >= 15 is 0 Å². The molecule has 1 rings (SSSR count). The largest absolute Gasteiger partial charge is 0.336 e. The monoisotopic (exact) mass is 203 g/mol. The van der Waals surface area contributed by atoms with Crippen molar-refractivity contribution in [3.05, 3.63) is 12.5 Å². The summed E-state index contributed by atoms with van der Waals surface area (Å²) in [7, 11) is -3.65. The summed E-state index contributed by atoms with van der Waals surface area (Å²) in [5.41, 5.74) is 0. The average molecular weight is 203 g/mol. The van der Waals surface area contributed by atoms with Gasteiger partial charge in [0.25, 0.3) is 10.0 Å². The second kappa shape index (κ2) is 3.47. The molecule has 0 radical (unpaired) electrons. The lowest BCUT2D eigenvalue weighted by Gasteiger charge is -2.03. The molecule has 0 spiro atoms. The minimum atomic E-state index is -3.65. The highest BCUT2D eigenvalue weighted by Gasteiger charge is 2.11. The van der Waals surface area contributed by atoms with Gasteiger partial charge < -0.3 is 4.57 Å². The number of hydrogen-bond acceptors (Lipinski definition) is 3. The quantitative estimate of drug-likeness (QED) is 0.761. The number of nitrogens with zero attached hydrogens (tertiary/aromatic N) is 2. The zero-order valence-electron chi connectivity index (χ0n) is 7.64. The summed E-state index contributed by atoms with van der Waals surface area (Å²) in [5.74, 6) is 0.447. The number of imidazole rings is 1. The highest BCUT2D eigenvalue weighted by molar-refractivity contribution is 7.89. The number of sulfonamides is 1. The van der Waals surface area contributed by atoms with Gasteiger partial charge in [-0.25, -0.2) is 18.5 Å². The van der Waals surface area contributed by atoms with E-state index in [1.165, 1.54) is 12.5 Å². The summed E-state index contributed by atoms with van der Waals surface area (Å²) >= 11 is 0. The third-order valence-electron chi connectivity index (χ3n) is 1.48. The first-order chi connectivity index (χ1) is 5.89. The molecule has 1 heterocycles. The Morgan fingerprint density at radius 1 is 1.62 bits per heavy atom. The summed E-state index contributed by atoms with van der Waals surface area (Å²) in [5, 5.41) is 4.82. The summed E-state index contributed by atoms with van der Waals surface area (Å²) in [6, 6.07) is 0. The van der Waals surface area contributed by atoms with Crippen LogP contribution in [0.2, 0.25) is 0 Å². The molecule has 13 heavy (non-hydrogen) atoms. The molecule has 0 fully saturated rings. The van der Waals surface area contributed by atoms with E-state index in [1.807, 2.05) is 13.8 Å². The van der Waals surface area contributed by atoms with Crippen LogP contribution in [0.25, 0.3) is 0 Å². The van der Waals surface area contributed by atoms with Crippen molar-refractivity contribution in [3.8, 4) is 0 Å². The molecule has 6 heteroatoms. The van der Waals surface area contributed by atoms with Gasteiger partial charge in [-0.2, -0.15) is 0 Å². The highest BCUT2D eigenvalue weighted by Crippen LogP contribution is 2.04. The summed E-state index contributed by atoms with van der Waals surface area (Å²) in [6.45, 7) is 4.82. The fourth-order valence-corrected chi connectivity index (χ4v) is 1.48. The Kier molecular flexibility index (Phi) is 2.72. The Labute approximate surface area is 77.6 Å². The van der Waals surface area contributed by atoms with Crippen LogP contribution in [0.5, 0.6) is 0 Å². The molecule has 0 unspecified atom stereocenters. The van der Waals surface area contributed by atoms with Crippen LogP contribution in [0.3, 0.4) is 0 Å². The van der Waals surface area contributed by atoms with E-state index in [-0.39, 0.29) is 5.03 Å². The lowest BCUT2D eigenvalue weighted by Crippen LogP contribution is -2.12. The molecule has 0 aliphatic heterocycles. The second-order valence-corrected chi connectivity index (χ2v) is 4.86. The zero-order valence-corrected chi connectivity index (χ0v) is 8.45. The van der Waals surface area contributed by atoms with Crippen molar-refractivity contribution in [2.24, 2.45) is 11.1 Å². The lowest BCUT2D eigenvalue weighted by atomic mass is 10.2. The van der Waals surface area contributed by atoms with Gasteiger partial charge in [0.15, 0.2) is 5.03 Å². The molecule has 0 amide bonds. The van der Waals surface area contributed by atoms with Crippen LogP contribution < -0.4 is 5.14 Å². The predicted octanol–water partition coefficient (Wildman–Crippen LogP) is 0.187. The number of rotatable bonds is 3. The Morgan fingerprint density at radius 3 is 2.62 bits per heavy atom. The van der Waals surface area contributed by atoms with Gasteiger partial charge in [0.05, 0.1) is 6.33 Å². The van der Waals surface area contributed by atoms with Crippen molar-refractivity contribution in [2.45, 2.75) is 25.4 Å². The number of nitrogens with two attached hydrogens (primary N) is 1.